The van der Waals surface area contributed by atoms with E-state index in [1.807, 2.05) is 69.6 Å². The first-order valence-electron chi connectivity index (χ1n) is 9.41. The second-order valence-corrected chi connectivity index (χ2v) is 7.99. The zero-order valence-electron chi connectivity index (χ0n) is 17.3. The molecule has 2 N–H and O–H groups in total. The number of nitrogens with zero attached hydrogens (tertiary/aromatic N) is 2. The van der Waals surface area contributed by atoms with Gasteiger partial charge in [0.15, 0.2) is 0 Å². The average molecular weight is 413 g/mol. The standard InChI is InChI=1S/C22H28N4O2S/c1-16(13-23)15-29-21-11-6-5-10-19(21)25-22(27)24-14-20(26(2)3)17-8-7-9-18(12-17)28-4/h5-12,16,20H,14-15H2,1-4H3,(H2,24,25,27). The quantitative estimate of drug-likeness (QED) is 0.598. The number of hydrogen-bond acceptors (Lipinski definition) is 5. The Labute approximate surface area is 177 Å². The normalized spacial score (nSPS) is 12.7. The molecule has 0 spiro atoms. The van der Waals surface area contributed by atoms with Gasteiger partial charge in [-0.05, 0) is 50.8 Å². The molecule has 0 aliphatic carbocycles. The predicted octanol–water partition coefficient (Wildman–Crippen LogP) is 4.37. The summed E-state index contributed by atoms with van der Waals surface area (Å²) in [6.07, 6.45) is 0. The van der Waals surface area contributed by atoms with Crippen LogP contribution in [0.5, 0.6) is 5.75 Å². The summed E-state index contributed by atoms with van der Waals surface area (Å²) >= 11 is 1.56. The number of nitrogens with one attached hydrogen (secondary N) is 2. The Bertz CT molecular complexity index is 851. The van der Waals surface area contributed by atoms with E-state index in [0.717, 1.165) is 21.9 Å². The molecule has 0 aliphatic heterocycles. The first-order valence-corrected chi connectivity index (χ1v) is 10.4. The van der Waals surface area contributed by atoms with E-state index in [1.165, 1.54) is 0 Å². The smallest absolute Gasteiger partial charge is 0.319 e. The van der Waals surface area contributed by atoms with Crippen LogP contribution in [0.4, 0.5) is 10.5 Å². The number of nitriles is 1. The maximum atomic E-state index is 12.5. The molecule has 0 bridgehead atoms. The van der Waals surface area contributed by atoms with Gasteiger partial charge in [0.2, 0.25) is 0 Å². The SMILES string of the molecule is COc1cccc(C(CNC(=O)Nc2ccccc2SCC(C)C#N)N(C)C)c1. The van der Waals surface area contributed by atoms with Crippen molar-refractivity contribution in [3.05, 3.63) is 54.1 Å². The lowest BCUT2D eigenvalue weighted by molar-refractivity contribution is 0.243. The van der Waals surface area contributed by atoms with Crippen LogP contribution < -0.4 is 15.4 Å². The summed E-state index contributed by atoms with van der Waals surface area (Å²) in [4.78, 5) is 15.5. The topological polar surface area (TPSA) is 77.4 Å². The Balaban J connectivity index is 2.00. The highest BCUT2D eigenvalue weighted by Gasteiger charge is 2.16. The van der Waals surface area contributed by atoms with Gasteiger partial charge in [-0.25, -0.2) is 4.79 Å². The zero-order chi connectivity index (χ0) is 21.2. The maximum absolute atomic E-state index is 12.5. The van der Waals surface area contributed by atoms with Crippen LogP contribution in [-0.4, -0.2) is 44.4 Å². The van der Waals surface area contributed by atoms with Gasteiger partial charge >= 0.3 is 6.03 Å². The fourth-order valence-electron chi connectivity index (χ4n) is 2.75. The zero-order valence-corrected chi connectivity index (χ0v) is 18.1. The van der Waals surface area contributed by atoms with Gasteiger partial charge in [-0.1, -0.05) is 24.3 Å². The lowest BCUT2D eigenvalue weighted by atomic mass is 10.1. The molecule has 2 aromatic rings. The van der Waals surface area contributed by atoms with Gasteiger partial charge in [-0.3, -0.25) is 0 Å². The van der Waals surface area contributed by atoms with Crippen LogP contribution in [-0.2, 0) is 0 Å². The Morgan fingerprint density at radius 1 is 1.24 bits per heavy atom. The van der Waals surface area contributed by atoms with Crippen molar-refractivity contribution in [2.75, 3.05) is 38.8 Å². The highest BCUT2D eigenvalue weighted by Crippen LogP contribution is 2.28. The van der Waals surface area contributed by atoms with E-state index in [-0.39, 0.29) is 18.0 Å². The average Bonchev–Trinajstić information content (AvgIpc) is 2.72. The third kappa shape index (κ3) is 7.00. The summed E-state index contributed by atoms with van der Waals surface area (Å²) in [7, 11) is 5.60. The molecule has 29 heavy (non-hydrogen) atoms. The molecule has 2 rings (SSSR count). The van der Waals surface area contributed by atoms with Crippen LogP contribution >= 0.6 is 11.8 Å². The molecule has 2 atom stereocenters. The van der Waals surface area contributed by atoms with Crippen LogP contribution in [0.15, 0.2) is 53.4 Å². The number of para-hydroxylation sites is 1. The predicted molar refractivity (Wildman–Crippen MR) is 118 cm³/mol. The van der Waals surface area contributed by atoms with Gasteiger partial charge in [0.1, 0.15) is 5.75 Å². The van der Waals surface area contributed by atoms with E-state index < -0.39 is 0 Å². The number of hydrogen-bond donors (Lipinski definition) is 2. The van der Waals surface area contributed by atoms with E-state index in [1.54, 1.807) is 18.9 Å². The number of methoxy groups -OCH3 is 1. The molecule has 6 nitrogen and oxygen atoms in total. The van der Waals surface area contributed by atoms with Gasteiger partial charge in [0.25, 0.3) is 0 Å². The molecule has 2 unspecified atom stereocenters. The number of anilines is 1. The van der Waals surface area contributed by atoms with Crippen molar-refractivity contribution in [1.29, 1.82) is 5.26 Å². The van der Waals surface area contributed by atoms with E-state index in [0.29, 0.717) is 12.3 Å². The number of likely N-dealkylation sites (N-methyl/N-ethyl adjacent to an activating group) is 1. The van der Waals surface area contributed by atoms with Gasteiger partial charge in [-0.2, -0.15) is 5.26 Å². The van der Waals surface area contributed by atoms with Gasteiger partial charge in [0, 0.05) is 17.2 Å². The Morgan fingerprint density at radius 3 is 2.69 bits per heavy atom. The molecule has 0 saturated heterocycles. The summed E-state index contributed by atoms with van der Waals surface area (Å²) in [6, 6.07) is 17.4. The van der Waals surface area contributed by atoms with Crippen molar-refractivity contribution >= 4 is 23.5 Å². The van der Waals surface area contributed by atoms with Crippen molar-refractivity contribution in [2.24, 2.45) is 5.92 Å². The highest BCUT2D eigenvalue weighted by molar-refractivity contribution is 7.99. The van der Waals surface area contributed by atoms with Crippen LogP contribution in [0.1, 0.15) is 18.5 Å². The first kappa shape index (κ1) is 22.6. The summed E-state index contributed by atoms with van der Waals surface area (Å²) in [5.74, 6) is 1.41. The second kappa shape index (κ2) is 11.3. The monoisotopic (exact) mass is 412 g/mol. The fraction of sp³-hybridized carbons (Fsp3) is 0.364. The molecule has 0 heterocycles. The third-order valence-electron chi connectivity index (χ3n) is 4.40. The molecule has 2 aromatic carbocycles. The van der Waals surface area contributed by atoms with Crippen molar-refractivity contribution < 1.29 is 9.53 Å². The fourth-order valence-corrected chi connectivity index (χ4v) is 3.70. The molecule has 0 radical (unpaired) electrons. The molecule has 0 aromatic heterocycles. The van der Waals surface area contributed by atoms with Crippen molar-refractivity contribution in [1.82, 2.24) is 10.2 Å². The Hall–Kier alpha value is -2.69. The first-order chi connectivity index (χ1) is 13.9. The summed E-state index contributed by atoms with van der Waals surface area (Å²) in [5, 5.41) is 14.8. The molecular weight excluding hydrogens is 384 g/mol. The molecule has 0 aliphatic rings. The number of amides is 2. The van der Waals surface area contributed by atoms with E-state index in [9.17, 15) is 4.79 Å². The Kier molecular flexibility index (Phi) is 8.84. The van der Waals surface area contributed by atoms with Crippen LogP contribution in [0, 0.1) is 17.2 Å². The molecular formula is C22H28N4O2S. The number of benzene rings is 2. The van der Waals surface area contributed by atoms with Crippen LogP contribution in [0.25, 0.3) is 0 Å². The number of carbonyl (C=O) groups is 1. The van der Waals surface area contributed by atoms with E-state index in [4.69, 9.17) is 10.00 Å². The molecule has 2 amide bonds. The van der Waals surface area contributed by atoms with Gasteiger partial charge in [0.05, 0.1) is 30.8 Å². The maximum Gasteiger partial charge on any atom is 0.319 e. The number of carbonyl (C=O) groups excluding carboxylic acids is 1. The lowest BCUT2D eigenvalue weighted by Crippen LogP contribution is -2.37. The molecule has 0 fully saturated rings. The number of thioether (sulfide) groups is 1. The minimum atomic E-state index is -0.263. The van der Waals surface area contributed by atoms with Crippen molar-refractivity contribution in [2.45, 2.75) is 17.9 Å². The Morgan fingerprint density at radius 2 is 2.00 bits per heavy atom. The molecule has 0 saturated carbocycles. The third-order valence-corrected chi connectivity index (χ3v) is 5.74. The van der Waals surface area contributed by atoms with Gasteiger partial charge in [-0.15, -0.1) is 11.8 Å². The minimum absolute atomic E-state index is 0.0111. The summed E-state index contributed by atoms with van der Waals surface area (Å²) in [6.45, 7) is 2.34. The van der Waals surface area contributed by atoms with Crippen molar-refractivity contribution in [3.8, 4) is 11.8 Å². The molecule has 7 heteroatoms. The summed E-state index contributed by atoms with van der Waals surface area (Å²) in [5.41, 5.74) is 1.80. The van der Waals surface area contributed by atoms with Gasteiger partial charge < -0.3 is 20.3 Å². The number of rotatable bonds is 9. The second-order valence-electron chi connectivity index (χ2n) is 6.93. The minimum Gasteiger partial charge on any atom is -0.497 e. The van der Waals surface area contributed by atoms with E-state index in [2.05, 4.69) is 21.6 Å². The highest BCUT2D eigenvalue weighted by atomic mass is 32.2. The van der Waals surface area contributed by atoms with Crippen molar-refractivity contribution in [3.63, 3.8) is 0 Å². The largest absolute Gasteiger partial charge is 0.497 e. The lowest BCUT2D eigenvalue weighted by Gasteiger charge is -2.25. The van der Waals surface area contributed by atoms with Crippen LogP contribution in [0.2, 0.25) is 0 Å². The number of ether oxygens (including phenoxy) is 1. The van der Waals surface area contributed by atoms with Crippen LogP contribution in [0.3, 0.4) is 0 Å². The molecule has 154 valence electrons. The summed E-state index contributed by atoms with van der Waals surface area (Å²) < 4.78 is 5.31. The van der Waals surface area contributed by atoms with E-state index >= 15 is 0 Å². The number of urea groups is 1.